The highest BCUT2D eigenvalue weighted by Gasteiger charge is 2.25. The first-order valence-electron chi connectivity index (χ1n) is 6.62. The molecule has 1 heterocycles. The number of aromatic amines is 1. The normalized spacial score (nSPS) is 13.3. The van der Waals surface area contributed by atoms with E-state index in [4.69, 9.17) is 0 Å². The zero-order valence-corrected chi connectivity index (χ0v) is 12.8. The summed E-state index contributed by atoms with van der Waals surface area (Å²) in [6.07, 6.45) is 0.423. The van der Waals surface area contributed by atoms with E-state index in [1.165, 1.54) is 0 Å². The van der Waals surface area contributed by atoms with Gasteiger partial charge in [-0.3, -0.25) is 5.10 Å². The molecule has 0 aliphatic carbocycles. The number of aliphatic hydroxyl groups excluding tert-OH is 1. The Morgan fingerprint density at radius 2 is 1.95 bits per heavy atom. The van der Waals surface area contributed by atoms with Crippen LogP contribution < -0.4 is 4.72 Å². The molecule has 1 aromatic heterocycles. The van der Waals surface area contributed by atoms with Gasteiger partial charge in [0.05, 0.1) is 18.0 Å². The number of hydrogen-bond donors (Lipinski definition) is 3. The van der Waals surface area contributed by atoms with Crippen molar-refractivity contribution < 1.29 is 13.5 Å². The highest BCUT2D eigenvalue weighted by Crippen LogP contribution is 2.17. The SMILES string of the molecule is Cc1n[nH]c(C)c1S(=O)(=O)N[C@@H](CO)Cc1ccccc1. The molecule has 2 aromatic rings. The Balaban J connectivity index is 2.18. The van der Waals surface area contributed by atoms with E-state index in [1.807, 2.05) is 30.3 Å². The smallest absolute Gasteiger partial charge is 0.244 e. The van der Waals surface area contributed by atoms with Crippen molar-refractivity contribution in [3.63, 3.8) is 0 Å². The molecular formula is C14H19N3O3S. The van der Waals surface area contributed by atoms with Crippen LogP contribution in [0.25, 0.3) is 0 Å². The Kier molecular flexibility index (Phi) is 4.76. The van der Waals surface area contributed by atoms with Gasteiger partial charge in [0.1, 0.15) is 4.90 Å². The highest BCUT2D eigenvalue weighted by molar-refractivity contribution is 7.89. The van der Waals surface area contributed by atoms with Crippen molar-refractivity contribution in [1.82, 2.24) is 14.9 Å². The molecule has 0 unspecified atom stereocenters. The zero-order chi connectivity index (χ0) is 15.5. The topological polar surface area (TPSA) is 95.1 Å². The second-order valence-electron chi connectivity index (χ2n) is 4.95. The standard InChI is InChI=1S/C14H19N3O3S/c1-10-14(11(2)16-15-10)21(19,20)17-13(9-18)8-12-6-4-3-5-7-12/h3-7,13,17-18H,8-9H2,1-2H3,(H,15,16)/t13-/m1/s1. The van der Waals surface area contributed by atoms with Crippen molar-refractivity contribution in [2.75, 3.05) is 6.61 Å². The molecule has 1 aromatic carbocycles. The summed E-state index contributed by atoms with van der Waals surface area (Å²) in [6, 6.07) is 8.85. The maximum atomic E-state index is 12.4. The van der Waals surface area contributed by atoms with E-state index < -0.39 is 16.1 Å². The first kappa shape index (κ1) is 15.7. The molecule has 3 N–H and O–H groups in total. The van der Waals surface area contributed by atoms with Crippen LogP contribution in [-0.4, -0.2) is 36.4 Å². The molecule has 7 heteroatoms. The summed E-state index contributed by atoms with van der Waals surface area (Å²) in [5.41, 5.74) is 1.85. The van der Waals surface area contributed by atoms with Crippen LogP contribution in [0.4, 0.5) is 0 Å². The Morgan fingerprint density at radius 3 is 2.48 bits per heavy atom. The van der Waals surface area contributed by atoms with Crippen molar-refractivity contribution >= 4 is 10.0 Å². The lowest BCUT2D eigenvalue weighted by Crippen LogP contribution is -2.39. The minimum atomic E-state index is -3.71. The number of aryl methyl sites for hydroxylation is 2. The van der Waals surface area contributed by atoms with E-state index in [9.17, 15) is 13.5 Å². The fourth-order valence-electron chi connectivity index (χ4n) is 2.26. The summed E-state index contributed by atoms with van der Waals surface area (Å²) in [5.74, 6) is 0. The second-order valence-corrected chi connectivity index (χ2v) is 6.60. The quantitative estimate of drug-likeness (QED) is 0.739. The summed E-state index contributed by atoms with van der Waals surface area (Å²) in [7, 11) is -3.71. The average Bonchev–Trinajstić information content (AvgIpc) is 2.79. The molecule has 0 amide bonds. The number of nitrogens with one attached hydrogen (secondary N) is 2. The Bertz CT molecular complexity index is 676. The van der Waals surface area contributed by atoms with Crippen LogP contribution >= 0.6 is 0 Å². The number of nitrogens with zero attached hydrogens (tertiary/aromatic N) is 1. The molecule has 114 valence electrons. The first-order chi connectivity index (χ1) is 9.94. The number of H-pyrrole nitrogens is 1. The summed E-state index contributed by atoms with van der Waals surface area (Å²) < 4.78 is 27.4. The predicted octanol–water partition coefficient (Wildman–Crippen LogP) is 0.908. The molecule has 0 aliphatic heterocycles. The second kappa shape index (κ2) is 6.38. The highest BCUT2D eigenvalue weighted by atomic mass is 32.2. The molecule has 0 saturated carbocycles. The van der Waals surface area contributed by atoms with E-state index in [1.54, 1.807) is 13.8 Å². The number of benzene rings is 1. The van der Waals surface area contributed by atoms with E-state index in [0.29, 0.717) is 17.8 Å². The lowest BCUT2D eigenvalue weighted by molar-refractivity contribution is 0.256. The molecule has 0 bridgehead atoms. The fourth-order valence-corrected chi connectivity index (χ4v) is 3.85. The maximum Gasteiger partial charge on any atom is 0.244 e. The number of rotatable bonds is 6. The van der Waals surface area contributed by atoms with E-state index in [-0.39, 0.29) is 11.5 Å². The van der Waals surface area contributed by atoms with Crippen LogP contribution in [0.15, 0.2) is 35.2 Å². The van der Waals surface area contributed by atoms with Gasteiger partial charge >= 0.3 is 0 Å². The molecule has 0 fully saturated rings. The van der Waals surface area contributed by atoms with Crippen LogP contribution in [-0.2, 0) is 16.4 Å². The van der Waals surface area contributed by atoms with Gasteiger partial charge in [0, 0.05) is 6.04 Å². The molecule has 0 aliphatic rings. The Hall–Kier alpha value is -1.70. The number of aromatic nitrogens is 2. The van der Waals surface area contributed by atoms with Gasteiger partial charge in [-0.2, -0.15) is 5.10 Å². The van der Waals surface area contributed by atoms with Gasteiger partial charge in [-0.25, -0.2) is 13.1 Å². The van der Waals surface area contributed by atoms with Gasteiger partial charge in [0.15, 0.2) is 0 Å². The Morgan fingerprint density at radius 1 is 1.29 bits per heavy atom. The lowest BCUT2D eigenvalue weighted by atomic mass is 10.1. The van der Waals surface area contributed by atoms with Crippen LogP contribution in [0.1, 0.15) is 17.0 Å². The Labute approximate surface area is 124 Å². The fraction of sp³-hybridized carbons (Fsp3) is 0.357. The summed E-state index contributed by atoms with van der Waals surface area (Å²) in [6.45, 7) is 3.01. The van der Waals surface area contributed by atoms with Gasteiger partial charge < -0.3 is 5.11 Å². The third-order valence-corrected chi connectivity index (χ3v) is 4.98. The molecule has 0 saturated heterocycles. The van der Waals surface area contributed by atoms with Gasteiger partial charge in [-0.05, 0) is 25.8 Å². The molecule has 0 spiro atoms. The van der Waals surface area contributed by atoms with E-state index >= 15 is 0 Å². The molecule has 6 nitrogen and oxygen atoms in total. The first-order valence-corrected chi connectivity index (χ1v) is 8.11. The average molecular weight is 309 g/mol. The molecule has 2 rings (SSSR count). The van der Waals surface area contributed by atoms with Gasteiger partial charge in [-0.15, -0.1) is 0 Å². The van der Waals surface area contributed by atoms with Crippen molar-refractivity contribution in [3.05, 3.63) is 47.3 Å². The van der Waals surface area contributed by atoms with E-state index in [2.05, 4.69) is 14.9 Å². The third-order valence-electron chi connectivity index (χ3n) is 3.20. The minimum Gasteiger partial charge on any atom is -0.395 e. The number of hydrogen-bond acceptors (Lipinski definition) is 4. The molecule has 0 radical (unpaired) electrons. The number of aliphatic hydroxyl groups is 1. The van der Waals surface area contributed by atoms with Crippen molar-refractivity contribution in [2.45, 2.75) is 31.2 Å². The largest absolute Gasteiger partial charge is 0.395 e. The molecular weight excluding hydrogens is 290 g/mol. The van der Waals surface area contributed by atoms with Crippen LogP contribution in [0, 0.1) is 13.8 Å². The predicted molar refractivity (Wildman–Crippen MR) is 79.4 cm³/mol. The molecule has 1 atom stereocenters. The van der Waals surface area contributed by atoms with Crippen LogP contribution in [0.2, 0.25) is 0 Å². The summed E-state index contributed by atoms with van der Waals surface area (Å²) >= 11 is 0. The lowest BCUT2D eigenvalue weighted by Gasteiger charge is -2.16. The van der Waals surface area contributed by atoms with Crippen molar-refractivity contribution in [2.24, 2.45) is 0 Å². The van der Waals surface area contributed by atoms with Gasteiger partial charge in [0.2, 0.25) is 10.0 Å². The van der Waals surface area contributed by atoms with Gasteiger partial charge in [0.25, 0.3) is 0 Å². The maximum absolute atomic E-state index is 12.4. The van der Waals surface area contributed by atoms with Crippen molar-refractivity contribution in [3.8, 4) is 0 Å². The van der Waals surface area contributed by atoms with Gasteiger partial charge in [-0.1, -0.05) is 30.3 Å². The van der Waals surface area contributed by atoms with Crippen LogP contribution in [0.5, 0.6) is 0 Å². The number of sulfonamides is 1. The third kappa shape index (κ3) is 3.69. The van der Waals surface area contributed by atoms with Crippen molar-refractivity contribution in [1.29, 1.82) is 0 Å². The monoisotopic (exact) mass is 309 g/mol. The summed E-state index contributed by atoms with van der Waals surface area (Å²) in [5, 5.41) is 16.0. The summed E-state index contributed by atoms with van der Waals surface area (Å²) in [4.78, 5) is 0.147. The minimum absolute atomic E-state index is 0.147. The molecule has 21 heavy (non-hydrogen) atoms. The zero-order valence-electron chi connectivity index (χ0n) is 12.0. The van der Waals surface area contributed by atoms with E-state index in [0.717, 1.165) is 5.56 Å². The van der Waals surface area contributed by atoms with Crippen LogP contribution in [0.3, 0.4) is 0 Å².